The van der Waals surface area contributed by atoms with Crippen LogP contribution in [0.3, 0.4) is 0 Å². The minimum absolute atomic E-state index is 0.923. The summed E-state index contributed by atoms with van der Waals surface area (Å²) in [5.74, 6) is 1.85. The van der Waals surface area contributed by atoms with Crippen LogP contribution in [0.25, 0.3) is 55.2 Å². The molecule has 0 radical (unpaired) electrons. The molecule has 4 nitrogen and oxygen atoms in total. The number of fused-ring (bicyclic) bond motifs is 7. The summed E-state index contributed by atoms with van der Waals surface area (Å²) < 4.78 is 4.52. The van der Waals surface area contributed by atoms with E-state index in [9.17, 15) is 0 Å². The average Bonchev–Trinajstić information content (AvgIpc) is 3.38. The summed E-state index contributed by atoms with van der Waals surface area (Å²) in [6.45, 7) is 0. The van der Waals surface area contributed by atoms with Crippen LogP contribution in [-0.4, -0.2) is 19.1 Å². The predicted molar refractivity (Wildman–Crippen MR) is 131 cm³/mol. The van der Waals surface area contributed by atoms with Crippen LogP contribution >= 0.6 is 0 Å². The molecule has 150 valence electrons. The van der Waals surface area contributed by atoms with Crippen molar-refractivity contribution in [2.24, 2.45) is 0 Å². The topological polar surface area (TPSA) is 35.6 Å². The molecule has 7 aromatic rings. The number of hydrogen-bond donors (Lipinski definition) is 0. The van der Waals surface area contributed by atoms with Gasteiger partial charge in [0.25, 0.3) is 0 Å². The van der Waals surface area contributed by atoms with Gasteiger partial charge in [0.1, 0.15) is 11.6 Å². The average molecular weight is 410 g/mol. The predicted octanol–water partition coefficient (Wildman–Crippen LogP) is 6.67. The van der Waals surface area contributed by atoms with Crippen LogP contribution in [0, 0.1) is 0 Å². The zero-order valence-electron chi connectivity index (χ0n) is 17.2. The Morgan fingerprint density at radius 2 is 0.844 bits per heavy atom. The lowest BCUT2D eigenvalue weighted by Gasteiger charge is -2.07. The third-order valence-corrected chi connectivity index (χ3v) is 6.23. The number of benzene rings is 3. The Morgan fingerprint density at radius 1 is 0.406 bits per heavy atom. The minimum atomic E-state index is 0.923. The summed E-state index contributed by atoms with van der Waals surface area (Å²) in [5.41, 5.74) is 4.62. The molecule has 0 bridgehead atoms. The van der Waals surface area contributed by atoms with Gasteiger partial charge in [-0.05, 0) is 48.5 Å². The number of hydrogen-bond acceptors (Lipinski definition) is 2. The van der Waals surface area contributed by atoms with Crippen molar-refractivity contribution in [2.75, 3.05) is 0 Å². The first-order valence-corrected chi connectivity index (χ1v) is 10.7. The molecular formula is C28H18N4. The van der Waals surface area contributed by atoms with Gasteiger partial charge < -0.3 is 0 Å². The second-order valence-corrected chi connectivity index (χ2v) is 7.93. The lowest BCUT2D eigenvalue weighted by atomic mass is 10.1. The van der Waals surface area contributed by atoms with E-state index in [2.05, 4.69) is 91.9 Å². The Hall–Kier alpha value is -4.44. The van der Waals surface area contributed by atoms with Gasteiger partial charge in [-0.3, -0.25) is 9.13 Å². The van der Waals surface area contributed by atoms with Crippen LogP contribution in [0.1, 0.15) is 0 Å². The largest absolute Gasteiger partial charge is 0.294 e. The van der Waals surface area contributed by atoms with Gasteiger partial charge >= 0.3 is 0 Å². The molecule has 0 amide bonds. The number of pyridine rings is 2. The van der Waals surface area contributed by atoms with E-state index in [1.165, 1.54) is 21.5 Å². The standard InChI is InChI=1S/C28H18N4/c1-3-11-21-19(9-1)27-23(31(21)25-13-5-7-17-29-25)15-16-24-28(27)20-10-2-4-12-22(20)32(24)26-14-6-8-18-30-26/h1-18H. The second-order valence-electron chi connectivity index (χ2n) is 7.93. The fourth-order valence-corrected chi connectivity index (χ4v) is 4.98. The van der Waals surface area contributed by atoms with E-state index >= 15 is 0 Å². The lowest BCUT2D eigenvalue weighted by molar-refractivity contribution is 1.07. The molecule has 0 aliphatic carbocycles. The molecule has 0 atom stereocenters. The van der Waals surface area contributed by atoms with Gasteiger partial charge in [-0.25, -0.2) is 9.97 Å². The van der Waals surface area contributed by atoms with Crippen molar-refractivity contribution in [3.05, 3.63) is 109 Å². The van der Waals surface area contributed by atoms with Gasteiger partial charge in [0.15, 0.2) is 0 Å². The van der Waals surface area contributed by atoms with E-state index < -0.39 is 0 Å². The highest BCUT2D eigenvalue weighted by Gasteiger charge is 2.20. The van der Waals surface area contributed by atoms with Gasteiger partial charge in [0.05, 0.1) is 22.1 Å². The van der Waals surface area contributed by atoms with Crippen molar-refractivity contribution in [1.29, 1.82) is 0 Å². The van der Waals surface area contributed by atoms with Crippen molar-refractivity contribution in [3.8, 4) is 11.6 Å². The molecule has 0 saturated heterocycles. The molecule has 0 spiro atoms. The molecule has 32 heavy (non-hydrogen) atoms. The molecule has 0 aliphatic heterocycles. The summed E-state index contributed by atoms with van der Waals surface area (Å²) in [6, 6.07) is 33.7. The normalized spacial score (nSPS) is 11.8. The molecule has 7 rings (SSSR count). The molecule has 4 aromatic heterocycles. The summed E-state index contributed by atoms with van der Waals surface area (Å²) >= 11 is 0. The second kappa shape index (κ2) is 6.53. The zero-order chi connectivity index (χ0) is 21.1. The first-order valence-electron chi connectivity index (χ1n) is 10.7. The number of nitrogens with zero attached hydrogens (tertiary/aromatic N) is 4. The fraction of sp³-hybridized carbons (Fsp3) is 0. The summed E-state index contributed by atoms with van der Waals surface area (Å²) in [7, 11) is 0. The lowest BCUT2D eigenvalue weighted by Crippen LogP contribution is -1.97. The first kappa shape index (κ1) is 17.3. The maximum absolute atomic E-state index is 4.66. The van der Waals surface area contributed by atoms with Crippen LogP contribution in [0.5, 0.6) is 0 Å². The van der Waals surface area contributed by atoms with E-state index in [0.29, 0.717) is 0 Å². The highest BCUT2D eigenvalue weighted by molar-refractivity contribution is 6.28. The molecule has 0 saturated carbocycles. The van der Waals surface area contributed by atoms with E-state index in [1.807, 2.05) is 36.7 Å². The molecule has 0 unspecified atom stereocenters. The number of rotatable bonds is 2. The third kappa shape index (κ3) is 2.26. The highest BCUT2D eigenvalue weighted by atomic mass is 15.1. The maximum Gasteiger partial charge on any atom is 0.137 e. The molecule has 3 aromatic carbocycles. The molecule has 0 fully saturated rings. The SMILES string of the molecule is c1ccc(-n2c3ccccc3c3c4c5ccccc5n(-c5ccccn5)c4ccc32)nc1. The van der Waals surface area contributed by atoms with Gasteiger partial charge in [-0.1, -0.05) is 48.5 Å². The molecule has 0 aliphatic rings. The van der Waals surface area contributed by atoms with Crippen LogP contribution in [0.4, 0.5) is 0 Å². The fourth-order valence-electron chi connectivity index (χ4n) is 4.98. The van der Waals surface area contributed by atoms with E-state index in [1.54, 1.807) is 0 Å². The van der Waals surface area contributed by atoms with Gasteiger partial charge in [0.2, 0.25) is 0 Å². The summed E-state index contributed by atoms with van der Waals surface area (Å²) in [5, 5.41) is 4.94. The smallest absolute Gasteiger partial charge is 0.137 e. The van der Waals surface area contributed by atoms with E-state index in [0.717, 1.165) is 33.7 Å². The number of para-hydroxylation sites is 2. The van der Waals surface area contributed by atoms with Crippen molar-refractivity contribution in [3.63, 3.8) is 0 Å². The summed E-state index contributed by atoms with van der Waals surface area (Å²) in [6.07, 6.45) is 3.70. The van der Waals surface area contributed by atoms with Crippen LogP contribution in [0.2, 0.25) is 0 Å². The van der Waals surface area contributed by atoms with Crippen molar-refractivity contribution < 1.29 is 0 Å². The van der Waals surface area contributed by atoms with Crippen LogP contribution in [-0.2, 0) is 0 Å². The van der Waals surface area contributed by atoms with Crippen LogP contribution in [0.15, 0.2) is 109 Å². The molecular weight excluding hydrogens is 392 g/mol. The number of aromatic nitrogens is 4. The van der Waals surface area contributed by atoms with Gasteiger partial charge in [0, 0.05) is 33.9 Å². The van der Waals surface area contributed by atoms with Crippen LogP contribution < -0.4 is 0 Å². The van der Waals surface area contributed by atoms with Crippen molar-refractivity contribution >= 4 is 43.6 Å². The monoisotopic (exact) mass is 410 g/mol. The molecule has 4 heterocycles. The first-order chi connectivity index (χ1) is 15.9. The quantitative estimate of drug-likeness (QED) is 0.319. The van der Waals surface area contributed by atoms with E-state index in [4.69, 9.17) is 0 Å². The minimum Gasteiger partial charge on any atom is -0.294 e. The maximum atomic E-state index is 4.66. The third-order valence-electron chi connectivity index (χ3n) is 6.23. The Kier molecular flexibility index (Phi) is 3.52. The van der Waals surface area contributed by atoms with Gasteiger partial charge in [-0.2, -0.15) is 0 Å². The van der Waals surface area contributed by atoms with Crippen molar-refractivity contribution in [2.45, 2.75) is 0 Å². The summed E-state index contributed by atoms with van der Waals surface area (Å²) in [4.78, 5) is 9.33. The Bertz CT molecular complexity index is 1630. The Balaban J connectivity index is 1.74. The highest BCUT2D eigenvalue weighted by Crippen LogP contribution is 2.41. The Morgan fingerprint density at radius 3 is 1.28 bits per heavy atom. The van der Waals surface area contributed by atoms with E-state index in [-0.39, 0.29) is 0 Å². The Labute approximate surface area is 184 Å². The van der Waals surface area contributed by atoms with Crippen molar-refractivity contribution in [1.82, 2.24) is 19.1 Å². The van der Waals surface area contributed by atoms with Gasteiger partial charge in [-0.15, -0.1) is 0 Å². The zero-order valence-corrected chi connectivity index (χ0v) is 17.2. The molecule has 0 N–H and O–H groups in total. The molecule has 4 heteroatoms.